The number of carbonyl (C=O) groups is 1. The minimum Gasteiger partial charge on any atom is -0.461 e. The zero-order valence-corrected chi connectivity index (χ0v) is 12.2. The van der Waals surface area contributed by atoms with Gasteiger partial charge in [0.1, 0.15) is 5.69 Å². The molecule has 112 valence electrons. The Balaban J connectivity index is 1.68. The van der Waals surface area contributed by atoms with Gasteiger partial charge in [0, 0.05) is 12.3 Å². The number of carbonyl (C=O) groups excluding carboxylic acids is 1. The summed E-state index contributed by atoms with van der Waals surface area (Å²) in [6, 6.07) is 5.36. The van der Waals surface area contributed by atoms with Crippen molar-refractivity contribution in [2.45, 2.75) is 20.4 Å². The Morgan fingerprint density at radius 2 is 2.23 bits per heavy atom. The lowest BCUT2D eigenvalue weighted by molar-refractivity contribution is 0.101. The highest BCUT2D eigenvalue weighted by Gasteiger charge is 2.10. The van der Waals surface area contributed by atoms with Gasteiger partial charge in [0.05, 0.1) is 24.1 Å². The molecule has 0 saturated carbocycles. The normalized spacial score (nSPS) is 10.6. The first-order valence-corrected chi connectivity index (χ1v) is 6.71. The second-order valence-electron chi connectivity index (χ2n) is 4.76. The van der Waals surface area contributed by atoms with Crippen molar-refractivity contribution in [2.75, 3.05) is 5.32 Å². The van der Waals surface area contributed by atoms with Crippen molar-refractivity contribution >= 4 is 11.7 Å². The first-order chi connectivity index (χ1) is 10.6. The van der Waals surface area contributed by atoms with Gasteiger partial charge in [0.2, 0.25) is 11.7 Å². The molecule has 0 aliphatic carbocycles. The molecule has 7 nitrogen and oxygen atoms in total. The molecule has 3 aromatic heterocycles. The molecule has 1 N–H and O–H groups in total. The fourth-order valence-electron chi connectivity index (χ4n) is 2.00. The van der Waals surface area contributed by atoms with Gasteiger partial charge >= 0.3 is 0 Å². The van der Waals surface area contributed by atoms with Crippen molar-refractivity contribution in [3.05, 3.63) is 47.6 Å². The van der Waals surface area contributed by atoms with E-state index in [1.54, 1.807) is 31.4 Å². The molecule has 0 bridgehead atoms. The lowest BCUT2D eigenvalue weighted by atomic mass is 10.2. The summed E-state index contributed by atoms with van der Waals surface area (Å²) < 4.78 is 10.4. The van der Waals surface area contributed by atoms with Crippen LogP contribution in [0.3, 0.4) is 0 Å². The highest BCUT2D eigenvalue weighted by Crippen LogP contribution is 2.20. The molecular weight excluding hydrogens is 284 g/mol. The quantitative estimate of drug-likeness (QED) is 0.724. The summed E-state index contributed by atoms with van der Waals surface area (Å²) in [5.74, 6) is 1.57. The first-order valence-electron chi connectivity index (χ1n) is 6.71. The zero-order valence-electron chi connectivity index (χ0n) is 12.2. The number of nitrogens with zero attached hydrogens (tertiary/aromatic N) is 3. The number of rotatable bonds is 5. The predicted octanol–water partition coefficient (Wildman–Crippen LogP) is 2.85. The molecule has 0 amide bonds. The van der Waals surface area contributed by atoms with Crippen LogP contribution in [0.4, 0.5) is 5.95 Å². The molecule has 3 rings (SSSR count). The second kappa shape index (κ2) is 5.80. The third-order valence-electron chi connectivity index (χ3n) is 3.11. The van der Waals surface area contributed by atoms with Crippen LogP contribution in [0.5, 0.6) is 0 Å². The van der Waals surface area contributed by atoms with E-state index in [0.29, 0.717) is 41.0 Å². The Labute approximate surface area is 126 Å². The van der Waals surface area contributed by atoms with Crippen LogP contribution in [0, 0.1) is 6.92 Å². The Hall–Kier alpha value is -2.96. The van der Waals surface area contributed by atoms with Crippen molar-refractivity contribution in [2.24, 2.45) is 0 Å². The monoisotopic (exact) mass is 298 g/mol. The van der Waals surface area contributed by atoms with E-state index >= 15 is 0 Å². The van der Waals surface area contributed by atoms with Crippen molar-refractivity contribution < 1.29 is 13.7 Å². The van der Waals surface area contributed by atoms with Gasteiger partial charge in [-0.25, -0.2) is 9.97 Å². The van der Waals surface area contributed by atoms with Crippen LogP contribution in [-0.4, -0.2) is 20.9 Å². The van der Waals surface area contributed by atoms with Crippen LogP contribution < -0.4 is 5.32 Å². The Morgan fingerprint density at radius 3 is 2.91 bits per heavy atom. The average Bonchev–Trinajstić information content (AvgIpc) is 3.16. The van der Waals surface area contributed by atoms with E-state index in [9.17, 15) is 4.79 Å². The average molecular weight is 298 g/mol. The summed E-state index contributed by atoms with van der Waals surface area (Å²) in [4.78, 5) is 19.7. The van der Waals surface area contributed by atoms with Gasteiger partial charge in [-0.1, -0.05) is 5.16 Å². The molecule has 0 radical (unpaired) electrons. The van der Waals surface area contributed by atoms with E-state index in [-0.39, 0.29) is 5.78 Å². The maximum absolute atomic E-state index is 11.3. The molecule has 22 heavy (non-hydrogen) atoms. The maximum Gasteiger partial charge on any atom is 0.223 e. The molecule has 7 heteroatoms. The number of nitrogens with one attached hydrogen (secondary N) is 1. The van der Waals surface area contributed by atoms with Gasteiger partial charge in [-0.2, -0.15) is 0 Å². The van der Waals surface area contributed by atoms with Crippen LogP contribution in [0.1, 0.15) is 28.7 Å². The predicted molar refractivity (Wildman–Crippen MR) is 78.3 cm³/mol. The SMILES string of the molecule is CC(=O)c1cnc(NCc2cc(-c3ccco3)on2)nc1C. The van der Waals surface area contributed by atoms with Crippen LogP contribution in [0.2, 0.25) is 0 Å². The summed E-state index contributed by atoms with van der Waals surface area (Å²) in [6.45, 7) is 3.67. The van der Waals surface area contributed by atoms with E-state index in [1.807, 2.05) is 0 Å². The van der Waals surface area contributed by atoms with Crippen LogP contribution in [0.25, 0.3) is 11.5 Å². The highest BCUT2D eigenvalue weighted by atomic mass is 16.5. The summed E-state index contributed by atoms with van der Waals surface area (Å²) in [7, 11) is 0. The van der Waals surface area contributed by atoms with Crippen molar-refractivity contribution in [3.8, 4) is 11.5 Å². The first kappa shape index (κ1) is 14.0. The van der Waals surface area contributed by atoms with E-state index < -0.39 is 0 Å². The summed E-state index contributed by atoms with van der Waals surface area (Å²) in [5.41, 5.74) is 1.86. The number of aryl methyl sites for hydroxylation is 1. The maximum atomic E-state index is 11.3. The molecule has 0 fully saturated rings. The highest BCUT2D eigenvalue weighted by molar-refractivity contribution is 5.94. The van der Waals surface area contributed by atoms with Crippen molar-refractivity contribution in [1.82, 2.24) is 15.1 Å². The van der Waals surface area contributed by atoms with Crippen LogP contribution >= 0.6 is 0 Å². The lowest BCUT2D eigenvalue weighted by Gasteiger charge is -2.05. The number of furan rings is 1. The molecule has 0 aliphatic heterocycles. The number of aromatic nitrogens is 3. The molecule has 3 heterocycles. The standard InChI is InChI=1S/C15H14N4O3/c1-9-12(10(2)20)8-17-15(18-9)16-7-11-6-14(22-19-11)13-4-3-5-21-13/h3-6,8H,7H2,1-2H3,(H,16,17,18). The van der Waals surface area contributed by atoms with Gasteiger partial charge in [0.15, 0.2) is 11.5 Å². The van der Waals surface area contributed by atoms with Crippen LogP contribution in [-0.2, 0) is 6.54 Å². The van der Waals surface area contributed by atoms with E-state index in [2.05, 4.69) is 20.4 Å². The third-order valence-corrected chi connectivity index (χ3v) is 3.11. The molecule has 0 unspecified atom stereocenters. The largest absolute Gasteiger partial charge is 0.461 e. The molecule has 3 aromatic rings. The smallest absolute Gasteiger partial charge is 0.223 e. The molecule has 0 aliphatic rings. The minimum atomic E-state index is -0.0522. The van der Waals surface area contributed by atoms with Gasteiger partial charge in [-0.05, 0) is 26.0 Å². The van der Waals surface area contributed by atoms with Gasteiger partial charge < -0.3 is 14.3 Å². The van der Waals surface area contributed by atoms with Crippen molar-refractivity contribution in [3.63, 3.8) is 0 Å². The van der Waals surface area contributed by atoms with E-state index in [4.69, 9.17) is 8.94 Å². The van der Waals surface area contributed by atoms with Crippen molar-refractivity contribution in [1.29, 1.82) is 0 Å². The topological polar surface area (TPSA) is 94.1 Å². The number of ketones is 1. The minimum absolute atomic E-state index is 0.0522. The van der Waals surface area contributed by atoms with Crippen LogP contribution in [0.15, 0.2) is 39.6 Å². The number of hydrogen-bond acceptors (Lipinski definition) is 7. The fraction of sp³-hybridized carbons (Fsp3) is 0.200. The molecule has 0 saturated heterocycles. The Bertz CT molecular complexity index is 793. The second-order valence-corrected chi connectivity index (χ2v) is 4.76. The molecule has 0 aromatic carbocycles. The lowest BCUT2D eigenvalue weighted by Crippen LogP contribution is -2.07. The number of Topliss-reactive ketones (excluding diaryl/α,β-unsaturated/α-hetero) is 1. The third kappa shape index (κ3) is 2.88. The zero-order chi connectivity index (χ0) is 15.5. The fourth-order valence-corrected chi connectivity index (χ4v) is 2.00. The Morgan fingerprint density at radius 1 is 1.36 bits per heavy atom. The van der Waals surface area contributed by atoms with Gasteiger partial charge in [-0.3, -0.25) is 4.79 Å². The molecular formula is C15H14N4O3. The number of hydrogen-bond donors (Lipinski definition) is 1. The van der Waals surface area contributed by atoms with E-state index in [0.717, 1.165) is 0 Å². The van der Waals surface area contributed by atoms with Gasteiger partial charge in [-0.15, -0.1) is 0 Å². The number of anilines is 1. The summed E-state index contributed by atoms with van der Waals surface area (Å²) in [6.07, 6.45) is 3.09. The summed E-state index contributed by atoms with van der Waals surface area (Å²) in [5, 5.41) is 6.99. The summed E-state index contributed by atoms with van der Waals surface area (Å²) >= 11 is 0. The Kier molecular flexibility index (Phi) is 3.69. The molecule has 0 spiro atoms. The van der Waals surface area contributed by atoms with E-state index in [1.165, 1.54) is 13.1 Å². The van der Waals surface area contributed by atoms with Gasteiger partial charge in [0.25, 0.3) is 0 Å². The molecule has 0 atom stereocenters.